The summed E-state index contributed by atoms with van der Waals surface area (Å²) < 4.78 is 13.0. The summed E-state index contributed by atoms with van der Waals surface area (Å²) in [7, 11) is 0. The molecule has 0 radical (unpaired) electrons. The molecule has 4 rings (SSSR count). The van der Waals surface area contributed by atoms with Crippen LogP contribution in [0.1, 0.15) is 24.8 Å². The van der Waals surface area contributed by atoms with E-state index >= 15 is 0 Å². The number of carbonyl (C=O) groups is 1. The molecule has 0 atom stereocenters. The quantitative estimate of drug-likeness (QED) is 0.784. The molecule has 1 amide bonds. The Labute approximate surface area is 162 Å². The van der Waals surface area contributed by atoms with E-state index in [1.54, 1.807) is 12.1 Å². The number of rotatable bonds is 3. The van der Waals surface area contributed by atoms with Crippen molar-refractivity contribution in [1.82, 2.24) is 5.32 Å². The molecule has 2 heterocycles. The number of nitrogens with zero attached hydrogens (tertiary/aromatic N) is 2. The summed E-state index contributed by atoms with van der Waals surface area (Å²) in [6.07, 6.45) is 5.68. The molecule has 2 aliphatic rings. The molecule has 0 aliphatic carbocycles. The number of amidine groups is 1. The molecule has 2 fully saturated rings. The summed E-state index contributed by atoms with van der Waals surface area (Å²) in [5, 5.41) is 3.26. The second kappa shape index (κ2) is 7.96. The molecule has 1 N–H and O–H groups in total. The molecule has 0 saturated carbocycles. The Hall–Kier alpha value is -2.60. The van der Waals surface area contributed by atoms with Crippen molar-refractivity contribution in [3.63, 3.8) is 0 Å². The SMILES string of the molecule is O=C1NC(=Nc2ccc(F)cc2)S/C1=C\c1ccc(N2CCCCC2)cc1. The highest BCUT2D eigenvalue weighted by Crippen LogP contribution is 2.29. The molecule has 6 heteroatoms. The van der Waals surface area contributed by atoms with Crippen LogP contribution in [0.25, 0.3) is 6.08 Å². The van der Waals surface area contributed by atoms with Gasteiger partial charge in [-0.3, -0.25) is 4.79 Å². The van der Waals surface area contributed by atoms with Gasteiger partial charge in [-0.05, 0) is 79.1 Å². The van der Waals surface area contributed by atoms with E-state index in [0.717, 1.165) is 18.7 Å². The fourth-order valence-electron chi connectivity index (χ4n) is 3.20. The molecule has 2 aromatic carbocycles. The Morgan fingerprint density at radius 3 is 2.41 bits per heavy atom. The highest BCUT2D eigenvalue weighted by atomic mass is 32.2. The van der Waals surface area contributed by atoms with Gasteiger partial charge in [0.05, 0.1) is 10.6 Å². The van der Waals surface area contributed by atoms with Gasteiger partial charge in [-0.25, -0.2) is 9.38 Å². The lowest BCUT2D eigenvalue weighted by Crippen LogP contribution is -2.29. The third-order valence-corrected chi connectivity index (χ3v) is 5.53. The molecule has 0 aromatic heterocycles. The second-order valence-electron chi connectivity index (χ2n) is 6.60. The average Bonchev–Trinajstić information content (AvgIpc) is 3.04. The Balaban J connectivity index is 1.47. The lowest BCUT2D eigenvalue weighted by atomic mass is 10.1. The van der Waals surface area contributed by atoms with E-state index in [-0.39, 0.29) is 11.7 Å². The molecule has 27 heavy (non-hydrogen) atoms. The summed E-state index contributed by atoms with van der Waals surface area (Å²) in [6.45, 7) is 2.23. The maximum Gasteiger partial charge on any atom is 0.264 e. The van der Waals surface area contributed by atoms with E-state index < -0.39 is 0 Å². The van der Waals surface area contributed by atoms with E-state index in [0.29, 0.717) is 15.8 Å². The topological polar surface area (TPSA) is 44.7 Å². The Kier molecular flexibility index (Phi) is 5.25. The van der Waals surface area contributed by atoms with Gasteiger partial charge in [0.1, 0.15) is 5.82 Å². The third-order valence-electron chi connectivity index (χ3n) is 4.62. The van der Waals surface area contributed by atoms with E-state index in [1.807, 2.05) is 18.2 Å². The van der Waals surface area contributed by atoms with Crippen LogP contribution in [0.5, 0.6) is 0 Å². The number of piperidine rings is 1. The standard InChI is InChI=1S/C21H20FN3OS/c22-16-6-8-17(9-7-16)23-21-24-20(26)19(27-21)14-15-4-10-18(11-5-15)25-12-2-1-3-13-25/h4-11,14H,1-3,12-13H2,(H,23,24,26)/b19-14-. The summed E-state index contributed by atoms with van der Waals surface area (Å²) in [5.41, 5.74) is 2.82. The fraction of sp³-hybridized carbons (Fsp3) is 0.238. The zero-order valence-electron chi connectivity index (χ0n) is 14.8. The van der Waals surface area contributed by atoms with Gasteiger partial charge in [-0.2, -0.15) is 0 Å². The number of anilines is 1. The number of carbonyl (C=O) groups excluding carboxylic acids is 1. The molecule has 0 bridgehead atoms. The Morgan fingerprint density at radius 2 is 1.70 bits per heavy atom. The largest absolute Gasteiger partial charge is 0.372 e. The summed E-state index contributed by atoms with van der Waals surface area (Å²) in [5.74, 6) is -0.475. The molecule has 2 saturated heterocycles. The highest BCUT2D eigenvalue weighted by Gasteiger charge is 2.23. The summed E-state index contributed by atoms with van der Waals surface area (Å²) in [4.78, 5) is 19.6. The van der Waals surface area contributed by atoms with Crippen LogP contribution < -0.4 is 10.2 Å². The minimum absolute atomic E-state index is 0.166. The monoisotopic (exact) mass is 381 g/mol. The first-order chi connectivity index (χ1) is 13.2. The van der Waals surface area contributed by atoms with Crippen molar-refractivity contribution in [2.24, 2.45) is 4.99 Å². The summed E-state index contributed by atoms with van der Waals surface area (Å²) in [6, 6.07) is 14.2. The van der Waals surface area contributed by atoms with Crippen LogP contribution in [0.4, 0.5) is 15.8 Å². The first kappa shape index (κ1) is 17.8. The van der Waals surface area contributed by atoms with Gasteiger partial charge >= 0.3 is 0 Å². The summed E-state index contributed by atoms with van der Waals surface area (Å²) >= 11 is 1.29. The van der Waals surface area contributed by atoms with Crippen LogP contribution >= 0.6 is 11.8 Å². The highest BCUT2D eigenvalue weighted by molar-refractivity contribution is 8.18. The average molecular weight is 381 g/mol. The minimum Gasteiger partial charge on any atom is -0.372 e. The Bertz CT molecular complexity index is 885. The smallest absolute Gasteiger partial charge is 0.264 e. The molecule has 2 aliphatic heterocycles. The Morgan fingerprint density at radius 1 is 1.00 bits per heavy atom. The predicted molar refractivity (Wildman–Crippen MR) is 110 cm³/mol. The van der Waals surface area contributed by atoms with Crippen LogP contribution in [-0.4, -0.2) is 24.2 Å². The predicted octanol–water partition coefficient (Wildman–Crippen LogP) is 4.71. The van der Waals surface area contributed by atoms with E-state index in [9.17, 15) is 9.18 Å². The first-order valence-corrected chi connectivity index (χ1v) is 9.89. The lowest BCUT2D eigenvalue weighted by molar-refractivity contribution is -0.115. The van der Waals surface area contributed by atoms with Gasteiger partial charge in [0.15, 0.2) is 5.17 Å². The molecular formula is C21H20FN3OS. The first-order valence-electron chi connectivity index (χ1n) is 9.07. The fourth-order valence-corrected chi connectivity index (χ4v) is 4.04. The number of halogens is 1. The number of amides is 1. The number of thioether (sulfide) groups is 1. The van der Waals surface area contributed by atoms with Crippen molar-refractivity contribution < 1.29 is 9.18 Å². The van der Waals surface area contributed by atoms with Crippen LogP contribution in [0.15, 0.2) is 58.4 Å². The maximum absolute atomic E-state index is 13.0. The number of hydrogen-bond donors (Lipinski definition) is 1. The zero-order valence-corrected chi connectivity index (χ0v) is 15.6. The molecule has 2 aromatic rings. The molecule has 0 unspecified atom stereocenters. The van der Waals surface area contributed by atoms with Gasteiger partial charge in [-0.15, -0.1) is 0 Å². The third kappa shape index (κ3) is 4.39. The van der Waals surface area contributed by atoms with Crippen LogP contribution in [0, 0.1) is 5.82 Å². The van der Waals surface area contributed by atoms with Gasteiger partial charge in [0.2, 0.25) is 0 Å². The number of benzene rings is 2. The molecule has 138 valence electrons. The maximum atomic E-state index is 13.0. The van der Waals surface area contributed by atoms with Crippen LogP contribution in [0.3, 0.4) is 0 Å². The van der Waals surface area contributed by atoms with Crippen LogP contribution in [-0.2, 0) is 4.79 Å². The molecule has 4 nitrogen and oxygen atoms in total. The van der Waals surface area contributed by atoms with Gasteiger partial charge < -0.3 is 10.2 Å². The number of aliphatic imine (C=N–C) groups is 1. The van der Waals surface area contributed by atoms with Gasteiger partial charge in [-0.1, -0.05) is 12.1 Å². The normalized spacial score (nSPS) is 20.3. The van der Waals surface area contributed by atoms with Crippen molar-refractivity contribution in [3.05, 3.63) is 64.8 Å². The van der Waals surface area contributed by atoms with Crippen molar-refractivity contribution >= 4 is 40.3 Å². The van der Waals surface area contributed by atoms with Gasteiger partial charge in [0.25, 0.3) is 5.91 Å². The molecular weight excluding hydrogens is 361 g/mol. The number of nitrogens with one attached hydrogen (secondary N) is 1. The minimum atomic E-state index is -0.310. The lowest BCUT2D eigenvalue weighted by Gasteiger charge is -2.28. The number of hydrogen-bond acceptors (Lipinski definition) is 4. The molecule has 0 spiro atoms. The zero-order chi connectivity index (χ0) is 18.6. The van der Waals surface area contributed by atoms with E-state index in [2.05, 4.69) is 27.3 Å². The second-order valence-corrected chi connectivity index (χ2v) is 7.63. The van der Waals surface area contributed by atoms with Crippen LogP contribution in [0.2, 0.25) is 0 Å². The van der Waals surface area contributed by atoms with E-state index in [1.165, 1.54) is 48.8 Å². The van der Waals surface area contributed by atoms with Crippen molar-refractivity contribution in [1.29, 1.82) is 0 Å². The van der Waals surface area contributed by atoms with Crippen molar-refractivity contribution in [3.8, 4) is 0 Å². The van der Waals surface area contributed by atoms with Gasteiger partial charge in [0, 0.05) is 18.8 Å². The van der Waals surface area contributed by atoms with Crippen molar-refractivity contribution in [2.75, 3.05) is 18.0 Å². The van der Waals surface area contributed by atoms with Crippen molar-refractivity contribution in [2.45, 2.75) is 19.3 Å². The van der Waals surface area contributed by atoms with E-state index in [4.69, 9.17) is 0 Å².